The molecule has 25 heavy (non-hydrogen) atoms. The number of likely N-dealkylation sites (tertiary alicyclic amines) is 1. The predicted molar refractivity (Wildman–Crippen MR) is 99.1 cm³/mol. The van der Waals surface area contributed by atoms with Crippen molar-refractivity contribution in [2.45, 2.75) is 45.1 Å². The number of aromatic nitrogens is 1. The Balaban J connectivity index is 1.77. The standard InChI is InChI=1S/C18H23N3O3S/c1-3-7-15(22)21-11-5-4-8-12(21)17(23)20-18-19-16-13(24-2)9-6-10-14(16)25-18/h6,9-10,12H,3-5,7-8,11H2,1-2H3,(H,19,20,23). The SMILES string of the molecule is CCCC(=O)N1CCCCC1C(=O)Nc1nc2c(OC)cccc2s1. The van der Waals surface area contributed by atoms with Crippen molar-refractivity contribution in [3.63, 3.8) is 0 Å². The molecule has 1 aromatic heterocycles. The van der Waals surface area contributed by atoms with E-state index in [2.05, 4.69) is 10.3 Å². The Morgan fingerprint density at radius 3 is 3.00 bits per heavy atom. The Morgan fingerprint density at radius 1 is 1.40 bits per heavy atom. The Morgan fingerprint density at radius 2 is 2.24 bits per heavy atom. The normalized spacial score (nSPS) is 17.5. The number of anilines is 1. The number of thiazole rings is 1. The van der Waals surface area contributed by atoms with Crippen molar-refractivity contribution in [3.8, 4) is 5.75 Å². The fourth-order valence-electron chi connectivity index (χ4n) is 3.19. The summed E-state index contributed by atoms with van der Waals surface area (Å²) in [5.41, 5.74) is 0.743. The molecule has 2 amide bonds. The number of ether oxygens (including phenoxy) is 1. The predicted octanol–water partition coefficient (Wildman–Crippen LogP) is 3.42. The third-order valence-corrected chi connectivity index (χ3v) is 5.36. The number of fused-ring (bicyclic) bond motifs is 1. The van der Waals surface area contributed by atoms with Gasteiger partial charge in [-0.2, -0.15) is 0 Å². The highest BCUT2D eigenvalue weighted by Gasteiger charge is 2.32. The first-order chi connectivity index (χ1) is 12.1. The van der Waals surface area contributed by atoms with E-state index in [9.17, 15) is 9.59 Å². The van der Waals surface area contributed by atoms with Crippen LogP contribution in [0.1, 0.15) is 39.0 Å². The molecular weight excluding hydrogens is 338 g/mol. The number of hydrogen-bond donors (Lipinski definition) is 1. The number of nitrogens with zero attached hydrogens (tertiary/aromatic N) is 2. The van der Waals surface area contributed by atoms with Crippen LogP contribution in [0.15, 0.2) is 18.2 Å². The highest BCUT2D eigenvalue weighted by atomic mass is 32.1. The summed E-state index contributed by atoms with van der Waals surface area (Å²) in [5, 5.41) is 3.44. The first-order valence-electron chi connectivity index (χ1n) is 8.68. The minimum absolute atomic E-state index is 0.0633. The van der Waals surface area contributed by atoms with Gasteiger partial charge >= 0.3 is 0 Å². The number of rotatable bonds is 5. The number of para-hydroxylation sites is 1. The molecule has 3 rings (SSSR count). The third-order valence-electron chi connectivity index (χ3n) is 4.42. The first kappa shape index (κ1) is 17.7. The highest BCUT2D eigenvalue weighted by molar-refractivity contribution is 7.22. The van der Waals surface area contributed by atoms with Gasteiger partial charge in [0.2, 0.25) is 11.8 Å². The van der Waals surface area contributed by atoms with Gasteiger partial charge in [0.05, 0.1) is 11.8 Å². The molecular formula is C18H23N3O3S. The number of nitrogens with one attached hydrogen (secondary N) is 1. The molecule has 7 heteroatoms. The van der Waals surface area contributed by atoms with E-state index in [0.717, 1.165) is 29.5 Å². The van der Waals surface area contributed by atoms with Gasteiger partial charge in [0.1, 0.15) is 17.3 Å². The van der Waals surface area contributed by atoms with Crippen molar-refractivity contribution < 1.29 is 14.3 Å². The minimum Gasteiger partial charge on any atom is -0.494 e. The molecule has 134 valence electrons. The van der Waals surface area contributed by atoms with Crippen molar-refractivity contribution in [2.24, 2.45) is 0 Å². The van der Waals surface area contributed by atoms with Gasteiger partial charge in [-0.25, -0.2) is 4.98 Å². The van der Waals surface area contributed by atoms with Gasteiger partial charge < -0.3 is 15.0 Å². The monoisotopic (exact) mass is 361 g/mol. The molecule has 0 bridgehead atoms. The van der Waals surface area contributed by atoms with Crippen LogP contribution in [0.5, 0.6) is 5.75 Å². The molecule has 1 aliphatic rings. The molecule has 6 nitrogen and oxygen atoms in total. The number of carbonyl (C=O) groups is 2. The Hall–Kier alpha value is -2.15. The fraction of sp³-hybridized carbons (Fsp3) is 0.500. The number of methoxy groups -OCH3 is 1. The second-order valence-corrected chi connectivity index (χ2v) is 7.19. The lowest BCUT2D eigenvalue weighted by atomic mass is 10.0. The van der Waals surface area contributed by atoms with Crippen LogP contribution >= 0.6 is 11.3 Å². The molecule has 1 fully saturated rings. The van der Waals surface area contributed by atoms with Gasteiger partial charge in [-0.15, -0.1) is 0 Å². The van der Waals surface area contributed by atoms with Gasteiger partial charge in [0, 0.05) is 13.0 Å². The van der Waals surface area contributed by atoms with Crippen LogP contribution in [0, 0.1) is 0 Å². The molecule has 0 spiro atoms. The maximum atomic E-state index is 12.7. The average molecular weight is 361 g/mol. The summed E-state index contributed by atoms with van der Waals surface area (Å²) in [7, 11) is 1.60. The van der Waals surface area contributed by atoms with Crippen LogP contribution in [0.2, 0.25) is 0 Å². The zero-order valence-corrected chi connectivity index (χ0v) is 15.4. The van der Waals surface area contributed by atoms with Crippen molar-refractivity contribution >= 4 is 38.5 Å². The molecule has 1 N–H and O–H groups in total. The lowest BCUT2D eigenvalue weighted by Crippen LogP contribution is -2.49. The molecule has 1 aromatic carbocycles. The third kappa shape index (κ3) is 3.76. The van der Waals surface area contributed by atoms with Crippen molar-refractivity contribution in [1.82, 2.24) is 9.88 Å². The first-order valence-corrected chi connectivity index (χ1v) is 9.49. The van der Waals surface area contributed by atoms with E-state index < -0.39 is 6.04 Å². The van der Waals surface area contributed by atoms with Crippen LogP contribution in [-0.4, -0.2) is 41.4 Å². The van der Waals surface area contributed by atoms with E-state index in [1.807, 2.05) is 25.1 Å². The second kappa shape index (κ2) is 7.82. The highest BCUT2D eigenvalue weighted by Crippen LogP contribution is 2.32. The largest absolute Gasteiger partial charge is 0.494 e. The molecule has 2 aromatic rings. The maximum absolute atomic E-state index is 12.7. The number of hydrogen-bond acceptors (Lipinski definition) is 5. The fourth-order valence-corrected chi connectivity index (χ4v) is 4.08. The quantitative estimate of drug-likeness (QED) is 0.886. The summed E-state index contributed by atoms with van der Waals surface area (Å²) >= 11 is 1.41. The molecule has 1 aliphatic heterocycles. The van der Waals surface area contributed by atoms with Crippen LogP contribution in [-0.2, 0) is 9.59 Å². The van der Waals surface area contributed by atoms with Crippen LogP contribution in [0.25, 0.3) is 10.2 Å². The van der Waals surface area contributed by atoms with Crippen molar-refractivity contribution in [2.75, 3.05) is 19.0 Å². The summed E-state index contributed by atoms with van der Waals surface area (Å²) in [4.78, 5) is 31.3. The van der Waals surface area contributed by atoms with Crippen LogP contribution in [0.3, 0.4) is 0 Å². The molecule has 1 saturated heterocycles. The minimum atomic E-state index is -0.401. The van der Waals surface area contributed by atoms with E-state index in [-0.39, 0.29) is 11.8 Å². The zero-order valence-electron chi connectivity index (χ0n) is 14.6. The van der Waals surface area contributed by atoms with Gasteiger partial charge in [-0.1, -0.05) is 24.3 Å². The van der Waals surface area contributed by atoms with Gasteiger partial charge in [0.15, 0.2) is 5.13 Å². The van der Waals surface area contributed by atoms with Gasteiger partial charge in [-0.05, 0) is 37.8 Å². The van der Waals surface area contributed by atoms with Crippen LogP contribution in [0.4, 0.5) is 5.13 Å². The summed E-state index contributed by atoms with van der Waals surface area (Å²) < 4.78 is 6.27. The lowest BCUT2D eigenvalue weighted by molar-refractivity contribution is -0.140. The number of amides is 2. The van der Waals surface area contributed by atoms with Gasteiger partial charge in [0.25, 0.3) is 0 Å². The van der Waals surface area contributed by atoms with E-state index in [0.29, 0.717) is 30.3 Å². The molecule has 0 saturated carbocycles. The smallest absolute Gasteiger partial charge is 0.248 e. The van der Waals surface area contributed by atoms with E-state index in [1.54, 1.807) is 12.0 Å². The van der Waals surface area contributed by atoms with Crippen molar-refractivity contribution in [3.05, 3.63) is 18.2 Å². The lowest BCUT2D eigenvalue weighted by Gasteiger charge is -2.34. The maximum Gasteiger partial charge on any atom is 0.248 e. The average Bonchev–Trinajstić information content (AvgIpc) is 3.04. The second-order valence-electron chi connectivity index (χ2n) is 6.16. The zero-order chi connectivity index (χ0) is 17.8. The molecule has 1 unspecified atom stereocenters. The molecule has 1 atom stereocenters. The Kier molecular flexibility index (Phi) is 5.53. The van der Waals surface area contributed by atoms with E-state index in [4.69, 9.17) is 4.74 Å². The summed E-state index contributed by atoms with van der Waals surface area (Å²) in [5.74, 6) is 0.599. The number of carbonyl (C=O) groups excluding carboxylic acids is 2. The Labute approximate surface area is 151 Å². The summed E-state index contributed by atoms with van der Waals surface area (Å²) in [6, 6.07) is 5.29. The Bertz CT molecular complexity index is 774. The van der Waals surface area contributed by atoms with Crippen LogP contribution < -0.4 is 10.1 Å². The number of benzene rings is 1. The molecule has 0 radical (unpaired) electrons. The van der Waals surface area contributed by atoms with Crippen molar-refractivity contribution in [1.29, 1.82) is 0 Å². The molecule has 2 heterocycles. The molecule has 0 aliphatic carbocycles. The summed E-state index contributed by atoms with van der Waals surface area (Å²) in [6.45, 7) is 2.63. The summed E-state index contributed by atoms with van der Waals surface area (Å²) in [6.07, 6.45) is 3.90. The number of piperidine rings is 1. The topological polar surface area (TPSA) is 71.5 Å². The van der Waals surface area contributed by atoms with Gasteiger partial charge in [-0.3, -0.25) is 9.59 Å². The van der Waals surface area contributed by atoms with E-state index in [1.165, 1.54) is 11.3 Å². The van der Waals surface area contributed by atoms with E-state index >= 15 is 0 Å².